The van der Waals surface area contributed by atoms with Crippen molar-refractivity contribution < 1.29 is 19.3 Å². The van der Waals surface area contributed by atoms with E-state index in [2.05, 4.69) is 0 Å². The van der Waals surface area contributed by atoms with E-state index in [-0.39, 0.29) is 23.0 Å². The Morgan fingerprint density at radius 3 is 2.31 bits per heavy atom. The van der Waals surface area contributed by atoms with Gasteiger partial charge in [-0.1, -0.05) is 72.8 Å². The second-order valence-corrected chi connectivity index (χ2v) is 10.9. The van der Waals surface area contributed by atoms with Crippen LogP contribution in [0.3, 0.4) is 0 Å². The molecular weight excluding hydrogens is 512 g/mol. The van der Waals surface area contributed by atoms with Gasteiger partial charge in [-0.2, -0.15) is 0 Å². The van der Waals surface area contributed by atoms with Crippen molar-refractivity contribution in [1.82, 2.24) is 0 Å². The number of thiophene rings is 1. The van der Waals surface area contributed by atoms with E-state index in [1.165, 1.54) is 23.5 Å². The number of hydrogen-bond donors (Lipinski definition) is 0. The van der Waals surface area contributed by atoms with Gasteiger partial charge in [0.15, 0.2) is 17.3 Å². The Labute approximate surface area is 227 Å². The summed E-state index contributed by atoms with van der Waals surface area (Å²) in [5.41, 5.74) is 0.797. The number of carbonyl (C=O) groups excluding carboxylic acids is 3. The Kier molecular flexibility index (Phi) is 5.05. The van der Waals surface area contributed by atoms with Gasteiger partial charge >= 0.3 is 0 Å². The molecule has 8 heteroatoms. The average Bonchev–Trinajstić information content (AvgIpc) is 3.66. The van der Waals surface area contributed by atoms with Gasteiger partial charge in [0.2, 0.25) is 0 Å². The van der Waals surface area contributed by atoms with Crippen molar-refractivity contribution in [2.75, 3.05) is 4.90 Å². The van der Waals surface area contributed by atoms with Crippen LogP contribution in [0.15, 0.2) is 96.4 Å². The SMILES string of the molecule is O=C(c1cccs1)[C@@H]1[C@H](c2cccc([N+](=O)[O-])c2)C2(C(=O)c3ccccc3C2=O)[C@H]2C=Cc3ccccc3N12. The lowest BCUT2D eigenvalue weighted by atomic mass is 9.64. The number of rotatable bonds is 4. The quantitative estimate of drug-likeness (QED) is 0.139. The van der Waals surface area contributed by atoms with E-state index in [1.54, 1.807) is 48.5 Å². The van der Waals surface area contributed by atoms with Gasteiger partial charge in [-0.15, -0.1) is 11.3 Å². The molecule has 3 aromatic carbocycles. The van der Waals surface area contributed by atoms with Gasteiger partial charge in [0.1, 0.15) is 11.5 Å². The van der Waals surface area contributed by atoms with Gasteiger partial charge in [-0.25, -0.2) is 0 Å². The second-order valence-electron chi connectivity index (χ2n) is 9.96. The van der Waals surface area contributed by atoms with Crippen LogP contribution >= 0.6 is 11.3 Å². The molecule has 3 aliphatic rings. The minimum Gasteiger partial charge on any atom is -0.352 e. The highest BCUT2D eigenvalue weighted by Gasteiger charge is 2.71. The summed E-state index contributed by atoms with van der Waals surface area (Å²) in [5, 5.41) is 13.6. The highest BCUT2D eigenvalue weighted by atomic mass is 32.1. The van der Waals surface area contributed by atoms with Gasteiger partial charge < -0.3 is 4.90 Å². The smallest absolute Gasteiger partial charge is 0.269 e. The maximum Gasteiger partial charge on any atom is 0.269 e. The van der Waals surface area contributed by atoms with Crippen LogP contribution in [0.4, 0.5) is 11.4 Å². The van der Waals surface area contributed by atoms with Gasteiger partial charge in [0.25, 0.3) is 5.69 Å². The second kappa shape index (κ2) is 8.41. The highest BCUT2D eigenvalue weighted by molar-refractivity contribution is 7.12. The third-order valence-electron chi connectivity index (χ3n) is 8.19. The predicted molar refractivity (Wildman–Crippen MR) is 148 cm³/mol. The first kappa shape index (κ1) is 23.4. The lowest BCUT2D eigenvalue weighted by molar-refractivity contribution is -0.384. The third kappa shape index (κ3) is 3.06. The van der Waals surface area contributed by atoms with E-state index in [4.69, 9.17) is 0 Å². The molecule has 2 aliphatic heterocycles. The molecule has 190 valence electrons. The normalized spacial score (nSPS) is 22.1. The van der Waals surface area contributed by atoms with Crippen LogP contribution in [0.2, 0.25) is 0 Å². The summed E-state index contributed by atoms with van der Waals surface area (Å²) in [6.45, 7) is 0. The number of ketones is 3. The molecule has 0 unspecified atom stereocenters. The number of carbonyl (C=O) groups is 3. The molecule has 0 bridgehead atoms. The summed E-state index contributed by atoms with van der Waals surface area (Å²) in [6.07, 6.45) is 3.74. The number of fused-ring (bicyclic) bond motifs is 5. The van der Waals surface area contributed by atoms with Crippen LogP contribution in [0.1, 0.15) is 47.4 Å². The zero-order valence-corrected chi connectivity index (χ0v) is 21.2. The number of nitrogens with zero attached hydrogens (tertiary/aromatic N) is 2. The molecule has 1 spiro atoms. The van der Waals surface area contributed by atoms with Gasteiger partial charge in [0.05, 0.1) is 15.8 Å². The number of para-hydroxylation sites is 1. The van der Waals surface area contributed by atoms with Crippen LogP contribution in [0.5, 0.6) is 0 Å². The van der Waals surface area contributed by atoms with Crippen molar-refractivity contribution in [3.05, 3.63) is 134 Å². The number of anilines is 1. The van der Waals surface area contributed by atoms with Gasteiger partial charge in [-0.3, -0.25) is 24.5 Å². The van der Waals surface area contributed by atoms with E-state index in [0.717, 1.165) is 11.3 Å². The first-order chi connectivity index (χ1) is 18.9. The molecule has 4 aromatic rings. The van der Waals surface area contributed by atoms with Crippen molar-refractivity contribution in [1.29, 1.82) is 0 Å². The van der Waals surface area contributed by atoms with Crippen molar-refractivity contribution in [2.45, 2.75) is 18.0 Å². The third-order valence-corrected chi connectivity index (χ3v) is 9.07. The van der Waals surface area contributed by atoms with Gasteiger partial charge in [0, 0.05) is 34.9 Å². The summed E-state index contributed by atoms with van der Waals surface area (Å²) in [5.74, 6) is -1.93. The lowest BCUT2D eigenvalue weighted by Gasteiger charge is -2.37. The Hall–Kier alpha value is -4.69. The molecule has 0 saturated carbocycles. The molecular formula is C31H20N2O5S. The van der Waals surface area contributed by atoms with E-state index in [9.17, 15) is 24.5 Å². The van der Waals surface area contributed by atoms with Crippen LogP contribution in [-0.2, 0) is 0 Å². The molecule has 0 amide bonds. The van der Waals surface area contributed by atoms with Crippen molar-refractivity contribution >= 4 is 46.1 Å². The molecule has 0 N–H and O–H groups in total. The first-order valence-electron chi connectivity index (χ1n) is 12.5. The van der Waals surface area contributed by atoms with Crippen molar-refractivity contribution in [2.24, 2.45) is 5.41 Å². The summed E-state index contributed by atoms with van der Waals surface area (Å²) in [7, 11) is 0. The predicted octanol–water partition coefficient (Wildman–Crippen LogP) is 5.97. The van der Waals surface area contributed by atoms with Crippen LogP contribution < -0.4 is 4.90 Å². The Morgan fingerprint density at radius 2 is 1.62 bits per heavy atom. The van der Waals surface area contributed by atoms with E-state index < -0.39 is 28.3 Å². The maximum absolute atomic E-state index is 14.5. The summed E-state index contributed by atoms with van der Waals surface area (Å²) >= 11 is 1.29. The fourth-order valence-corrected chi connectivity index (χ4v) is 7.38. The zero-order valence-electron chi connectivity index (χ0n) is 20.4. The first-order valence-corrected chi connectivity index (χ1v) is 13.4. The van der Waals surface area contributed by atoms with Crippen LogP contribution in [0, 0.1) is 15.5 Å². The number of Topliss-reactive ketones (excluding diaryl/α,β-unsaturated/α-hetero) is 3. The fraction of sp³-hybridized carbons (Fsp3) is 0.129. The molecule has 7 rings (SSSR count). The van der Waals surface area contributed by atoms with E-state index in [0.29, 0.717) is 21.6 Å². The summed E-state index contributed by atoms with van der Waals surface area (Å²) < 4.78 is 0. The van der Waals surface area contributed by atoms with E-state index in [1.807, 2.05) is 46.7 Å². The Balaban J connectivity index is 1.57. The topological polar surface area (TPSA) is 97.6 Å². The molecule has 1 aromatic heterocycles. The fourth-order valence-electron chi connectivity index (χ4n) is 6.69. The number of benzene rings is 3. The average molecular weight is 533 g/mol. The highest BCUT2D eigenvalue weighted by Crippen LogP contribution is 2.61. The monoisotopic (exact) mass is 532 g/mol. The number of nitro groups is 1. The molecule has 3 heterocycles. The standard InChI is InChI=1S/C31H20N2O5S/c34-28(24-13-6-16-39-24)27-26(19-8-5-9-20(17-19)33(37)38)31(29(35)21-10-2-3-11-22(21)30(31)36)25-15-14-18-7-1-4-12-23(18)32(25)27/h1-17,25-27H/t25-,26+,27+/m1/s1. The molecule has 1 fully saturated rings. The Bertz CT molecular complexity index is 1710. The minimum atomic E-state index is -1.68. The van der Waals surface area contributed by atoms with E-state index >= 15 is 0 Å². The molecule has 1 saturated heterocycles. The molecule has 3 atom stereocenters. The maximum atomic E-state index is 14.5. The lowest BCUT2D eigenvalue weighted by Crippen LogP contribution is -2.48. The van der Waals surface area contributed by atoms with Gasteiger partial charge in [-0.05, 0) is 28.6 Å². The summed E-state index contributed by atoms with van der Waals surface area (Å²) in [6, 6.07) is 22.1. The largest absolute Gasteiger partial charge is 0.352 e. The molecule has 7 nitrogen and oxygen atoms in total. The number of nitro benzene ring substituents is 1. The molecule has 1 aliphatic carbocycles. The minimum absolute atomic E-state index is 0.166. The molecule has 39 heavy (non-hydrogen) atoms. The Morgan fingerprint density at radius 1 is 0.897 bits per heavy atom. The number of non-ortho nitro benzene ring substituents is 1. The van der Waals surface area contributed by atoms with Crippen LogP contribution in [-0.4, -0.2) is 34.4 Å². The molecule has 0 radical (unpaired) electrons. The van der Waals surface area contributed by atoms with Crippen LogP contribution in [0.25, 0.3) is 6.08 Å². The summed E-state index contributed by atoms with van der Waals surface area (Å²) in [4.78, 5) is 57.1. The zero-order chi connectivity index (χ0) is 26.9. The number of hydrogen-bond acceptors (Lipinski definition) is 7. The van der Waals surface area contributed by atoms with Crippen molar-refractivity contribution in [3.8, 4) is 0 Å². The van der Waals surface area contributed by atoms with Crippen molar-refractivity contribution in [3.63, 3.8) is 0 Å².